The predicted molar refractivity (Wildman–Crippen MR) is 102 cm³/mol. The molecule has 2 aliphatic heterocycles. The number of nitrogens with one attached hydrogen (secondary N) is 1. The molecule has 0 aromatic carbocycles. The lowest BCUT2D eigenvalue weighted by Crippen LogP contribution is -2.31. The van der Waals surface area contributed by atoms with E-state index in [-0.39, 0.29) is 5.91 Å². The Labute approximate surface area is 157 Å². The Morgan fingerprint density at radius 1 is 1.27 bits per heavy atom. The topological polar surface area (TPSA) is 74.2 Å². The summed E-state index contributed by atoms with van der Waals surface area (Å²) in [4.78, 5) is 30.4. The number of hydrogen-bond donors (Lipinski definition) is 1. The average Bonchev–Trinajstić information content (AvgIpc) is 3.30. The maximum atomic E-state index is 11.1. The van der Waals surface area contributed by atoms with Crippen molar-refractivity contribution in [2.45, 2.75) is 33.2 Å². The summed E-state index contributed by atoms with van der Waals surface area (Å²) >= 11 is 1.56. The minimum Gasteiger partial charge on any atom is -0.355 e. The van der Waals surface area contributed by atoms with Crippen LogP contribution < -0.4 is 10.2 Å². The Bertz CT molecular complexity index is 808. The second-order valence-electron chi connectivity index (χ2n) is 7.46. The zero-order chi connectivity index (χ0) is 18.1. The van der Waals surface area contributed by atoms with E-state index >= 15 is 0 Å². The molecule has 0 saturated carbocycles. The number of amides is 1. The van der Waals surface area contributed by atoms with Crippen molar-refractivity contribution >= 4 is 28.2 Å². The third-order valence-electron chi connectivity index (χ3n) is 5.24. The van der Waals surface area contributed by atoms with E-state index in [1.54, 1.807) is 17.5 Å². The zero-order valence-corrected chi connectivity index (χ0v) is 16.1. The van der Waals surface area contributed by atoms with Gasteiger partial charge in [-0.3, -0.25) is 14.7 Å². The Kier molecular flexibility index (Phi) is 4.62. The first kappa shape index (κ1) is 17.4. The molecule has 1 N–H and O–H groups in total. The first-order chi connectivity index (χ1) is 12.5. The van der Waals surface area contributed by atoms with Gasteiger partial charge < -0.3 is 10.2 Å². The molecule has 2 fully saturated rings. The van der Waals surface area contributed by atoms with Crippen LogP contribution >= 0.6 is 11.3 Å². The number of carbonyl (C=O) groups is 1. The number of hydrogen-bond acceptors (Lipinski definition) is 7. The fourth-order valence-corrected chi connectivity index (χ4v) is 4.94. The van der Waals surface area contributed by atoms with E-state index in [4.69, 9.17) is 0 Å². The summed E-state index contributed by atoms with van der Waals surface area (Å²) in [6, 6.07) is 0. The summed E-state index contributed by atoms with van der Waals surface area (Å²) in [5.41, 5.74) is 1.33. The van der Waals surface area contributed by atoms with Crippen LogP contribution in [0.1, 0.15) is 30.3 Å². The maximum absolute atomic E-state index is 11.1. The summed E-state index contributed by atoms with van der Waals surface area (Å²) in [7, 11) is 0. The number of nitrogens with zero attached hydrogens (tertiary/aromatic N) is 5. The average molecular weight is 372 g/mol. The molecule has 2 saturated heterocycles. The molecule has 7 nitrogen and oxygen atoms in total. The van der Waals surface area contributed by atoms with Crippen LogP contribution in [-0.2, 0) is 11.3 Å². The van der Waals surface area contributed by atoms with Crippen molar-refractivity contribution in [2.24, 2.45) is 5.41 Å². The number of carbonyl (C=O) groups excluding carboxylic acids is 1. The van der Waals surface area contributed by atoms with E-state index in [2.05, 4.69) is 30.1 Å². The number of aromatic nitrogens is 3. The van der Waals surface area contributed by atoms with Crippen molar-refractivity contribution < 1.29 is 4.79 Å². The lowest BCUT2D eigenvalue weighted by molar-refractivity contribution is -0.114. The number of aryl methyl sites for hydroxylation is 1. The molecule has 138 valence electrons. The second kappa shape index (κ2) is 6.92. The van der Waals surface area contributed by atoms with Gasteiger partial charge in [0.1, 0.15) is 5.82 Å². The van der Waals surface area contributed by atoms with E-state index in [0.717, 1.165) is 44.2 Å². The maximum Gasteiger partial charge on any atom is 0.223 e. The highest BCUT2D eigenvalue weighted by molar-refractivity contribution is 7.15. The molecule has 0 aliphatic carbocycles. The fourth-order valence-electron chi connectivity index (χ4n) is 4.04. The third kappa shape index (κ3) is 3.71. The molecule has 26 heavy (non-hydrogen) atoms. The Balaban J connectivity index is 1.36. The van der Waals surface area contributed by atoms with Crippen LogP contribution in [-0.4, -0.2) is 51.9 Å². The Morgan fingerprint density at radius 3 is 2.92 bits per heavy atom. The van der Waals surface area contributed by atoms with E-state index < -0.39 is 0 Å². The minimum atomic E-state index is -0.0729. The van der Waals surface area contributed by atoms with Crippen molar-refractivity contribution in [3.63, 3.8) is 0 Å². The summed E-state index contributed by atoms with van der Waals surface area (Å²) in [6.07, 6.45) is 7.99. The van der Waals surface area contributed by atoms with E-state index in [9.17, 15) is 4.79 Å². The van der Waals surface area contributed by atoms with Gasteiger partial charge >= 0.3 is 0 Å². The third-order valence-corrected chi connectivity index (χ3v) is 6.14. The van der Waals surface area contributed by atoms with Gasteiger partial charge in [0.05, 0.1) is 11.9 Å². The molecule has 2 aromatic rings. The highest BCUT2D eigenvalue weighted by Crippen LogP contribution is 2.41. The predicted octanol–water partition coefficient (Wildman–Crippen LogP) is 2.30. The SMILES string of the molecule is CC(=O)Nc1ncc(CN2CCC3(CCN(c4cncc(C)n4)C3)C2)s1. The highest BCUT2D eigenvalue weighted by Gasteiger charge is 2.43. The largest absolute Gasteiger partial charge is 0.355 e. The molecular formula is C18H24N6OS. The van der Waals surface area contributed by atoms with Crippen LogP contribution in [0.3, 0.4) is 0 Å². The van der Waals surface area contributed by atoms with Crippen molar-refractivity contribution in [1.82, 2.24) is 19.9 Å². The molecule has 8 heteroatoms. The van der Waals surface area contributed by atoms with Crippen molar-refractivity contribution in [2.75, 3.05) is 36.4 Å². The number of likely N-dealkylation sites (tertiary alicyclic amines) is 1. The Hall–Kier alpha value is -2.06. The molecule has 4 heterocycles. The summed E-state index contributed by atoms with van der Waals surface area (Å²) in [5, 5.41) is 3.44. The van der Waals surface area contributed by atoms with E-state index in [1.165, 1.54) is 24.6 Å². The summed E-state index contributed by atoms with van der Waals surface area (Å²) in [5.74, 6) is 0.930. The smallest absolute Gasteiger partial charge is 0.223 e. The molecule has 1 spiro atoms. The van der Waals surface area contributed by atoms with Gasteiger partial charge in [-0.1, -0.05) is 0 Å². The monoisotopic (exact) mass is 372 g/mol. The highest BCUT2D eigenvalue weighted by atomic mass is 32.1. The first-order valence-corrected chi connectivity index (χ1v) is 9.81. The van der Waals surface area contributed by atoms with E-state index in [0.29, 0.717) is 10.5 Å². The first-order valence-electron chi connectivity index (χ1n) is 9.00. The number of anilines is 2. The number of rotatable bonds is 4. The van der Waals surface area contributed by atoms with Crippen LogP contribution in [0.4, 0.5) is 10.9 Å². The minimum absolute atomic E-state index is 0.0729. The molecule has 2 aliphatic rings. The summed E-state index contributed by atoms with van der Waals surface area (Å²) < 4.78 is 0. The van der Waals surface area contributed by atoms with Crippen LogP contribution in [0, 0.1) is 12.3 Å². The molecule has 4 rings (SSSR count). The summed E-state index contributed by atoms with van der Waals surface area (Å²) in [6.45, 7) is 8.74. The lowest BCUT2D eigenvalue weighted by Gasteiger charge is -2.25. The molecule has 0 bridgehead atoms. The van der Waals surface area contributed by atoms with Crippen LogP contribution in [0.25, 0.3) is 0 Å². The van der Waals surface area contributed by atoms with Gasteiger partial charge in [0.25, 0.3) is 0 Å². The van der Waals surface area contributed by atoms with Gasteiger partial charge in [-0.25, -0.2) is 9.97 Å². The molecular weight excluding hydrogens is 348 g/mol. The van der Waals surface area contributed by atoms with E-state index in [1.807, 2.05) is 19.3 Å². The second-order valence-corrected chi connectivity index (χ2v) is 8.58. The standard InChI is InChI=1S/C18H24N6OS/c1-13-7-19-9-16(21-13)24-6-4-18(12-24)3-5-23(11-18)10-15-8-20-17(26-15)22-14(2)25/h7-9H,3-6,10-12H2,1-2H3,(H,20,22,25). The van der Waals surface area contributed by atoms with Gasteiger partial charge in [0.2, 0.25) is 5.91 Å². The van der Waals surface area contributed by atoms with Gasteiger partial charge in [0.15, 0.2) is 5.13 Å². The molecule has 2 aromatic heterocycles. The number of thiazole rings is 1. The molecule has 1 amide bonds. The van der Waals surface area contributed by atoms with Gasteiger partial charge in [-0.2, -0.15) is 0 Å². The fraction of sp³-hybridized carbons (Fsp3) is 0.556. The molecule has 0 radical (unpaired) electrons. The van der Waals surface area contributed by atoms with Crippen molar-refractivity contribution in [3.05, 3.63) is 29.2 Å². The zero-order valence-electron chi connectivity index (χ0n) is 15.2. The van der Waals surface area contributed by atoms with Crippen molar-refractivity contribution in [3.8, 4) is 0 Å². The van der Waals surface area contributed by atoms with Crippen molar-refractivity contribution in [1.29, 1.82) is 0 Å². The van der Waals surface area contributed by atoms with Gasteiger partial charge in [-0.15, -0.1) is 11.3 Å². The lowest BCUT2D eigenvalue weighted by atomic mass is 9.86. The molecule has 1 unspecified atom stereocenters. The normalized spacial score (nSPS) is 23.1. The van der Waals surface area contributed by atoms with Gasteiger partial charge in [-0.05, 0) is 26.3 Å². The van der Waals surface area contributed by atoms with Gasteiger partial charge in [0, 0.05) is 55.8 Å². The van der Waals surface area contributed by atoms with Crippen LogP contribution in [0.2, 0.25) is 0 Å². The Morgan fingerprint density at radius 2 is 2.12 bits per heavy atom. The molecule has 1 atom stereocenters. The van der Waals surface area contributed by atoms with Crippen LogP contribution in [0.15, 0.2) is 18.6 Å². The van der Waals surface area contributed by atoms with Crippen LogP contribution in [0.5, 0.6) is 0 Å². The quantitative estimate of drug-likeness (QED) is 0.888.